The van der Waals surface area contributed by atoms with Gasteiger partial charge in [0.15, 0.2) is 0 Å². The molecule has 6 heteroatoms. The van der Waals surface area contributed by atoms with Crippen molar-refractivity contribution in [3.63, 3.8) is 0 Å². The Morgan fingerprint density at radius 2 is 2.40 bits per heavy atom. The van der Waals surface area contributed by atoms with Crippen LogP contribution in [0, 0.1) is 5.82 Å². The van der Waals surface area contributed by atoms with Crippen LogP contribution in [-0.2, 0) is 9.53 Å². The van der Waals surface area contributed by atoms with Crippen molar-refractivity contribution in [1.29, 1.82) is 0 Å². The van der Waals surface area contributed by atoms with Crippen molar-refractivity contribution in [1.82, 2.24) is 4.90 Å². The van der Waals surface area contributed by atoms with Crippen molar-refractivity contribution in [3.05, 3.63) is 30.1 Å². The van der Waals surface area contributed by atoms with E-state index in [2.05, 4.69) is 0 Å². The van der Waals surface area contributed by atoms with E-state index in [1.807, 2.05) is 0 Å². The third-order valence-corrected chi connectivity index (χ3v) is 3.11. The highest BCUT2D eigenvalue weighted by Gasteiger charge is 2.34. The Morgan fingerprint density at radius 3 is 3.10 bits per heavy atom. The van der Waals surface area contributed by atoms with Crippen LogP contribution in [0.15, 0.2) is 24.3 Å². The van der Waals surface area contributed by atoms with Crippen molar-refractivity contribution in [2.75, 3.05) is 32.9 Å². The molecule has 0 bridgehead atoms. The van der Waals surface area contributed by atoms with E-state index in [-0.39, 0.29) is 25.7 Å². The van der Waals surface area contributed by atoms with Crippen LogP contribution < -0.4 is 4.74 Å². The number of hydrogen-bond acceptors (Lipinski definition) is 4. The molecule has 1 saturated heterocycles. The summed E-state index contributed by atoms with van der Waals surface area (Å²) >= 11 is 0. The van der Waals surface area contributed by atoms with Gasteiger partial charge < -0.3 is 19.5 Å². The molecule has 1 aliphatic rings. The number of amides is 1. The van der Waals surface area contributed by atoms with E-state index in [1.54, 1.807) is 6.07 Å². The largest absolute Gasteiger partial charge is 0.490 e. The van der Waals surface area contributed by atoms with E-state index in [9.17, 15) is 14.3 Å². The van der Waals surface area contributed by atoms with Gasteiger partial charge in [-0.1, -0.05) is 6.07 Å². The van der Waals surface area contributed by atoms with Gasteiger partial charge in [-0.2, -0.15) is 0 Å². The van der Waals surface area contributed by atoms with E-state index >= 15 is 0 Å². The second-order valence-corrected chi connectivity index (χ2v) is 4.96. The molecule has 1 atom stereocenters. The standard InChI is InChI=1S/C14H18FNO4/c1-11(17)16-5-6-19-9-14(18,8-16)10-20-13-4-2-3-12(15)7-13/h2-4,7,18H,5-6,8-10H2,1H3/t14-/m0/s1. The topological polar surface area (TPSA) is 59.0 Å². The van der Waals surface area contributed by atoms with Crippen LogP contribution in [0.25, 0.3) is 0 Å². The molecule has 5 nitrogen and oxygen atoms in total. The monoisotopic (exact) mass is 283 g/mol. The number of aliphatic hydroxyl groups is 1. The lowest BCUT2D eigenvalue weighted by atomic mass is 10.1. The first-order valence-electron chi connectivity index (χ1n) is 6.42. The SMILES string of the molecule is CC(=O)N1CCOC[C@](O)(COc2cccc(F)c2)C1. The number of β-amino-alcohol motifs (C(OH)–C–C–N with tert-alkyl or cyclic N) is 1. The molecule has 0 saturated carbocycles. The molecule has 1 amide bonds. The van der Waals surface area contributed by atoms with Crippen LogP contribution in [-0.4, -0.2) is 54.4 Å². The molecule has 1 N–H and O–H groups in total. The van der Waals surface area contributed by atoms with E-state index in [4.69, 9.17) is 9.47 Å². The Morgan fingerprint density at radius 1 is 1.60 bits per heavy atom. The summed E-state index contributed by atoms with van der Waals surface area (Å²) in [5.41, 5.74) is -1.30. The third-order valence-electron chi connectivity index (χ3n) is 3.11. The van der Waals surface area contributed by atoms with E-state index in [0.29, 0.717) is 18.9 Å². The Bertz CT molecular complexity index is 482. The smallest absolute Gasteiger partial charge is 0.219 e. The molecule has 2 rings (SSSR count). The molecule has 1 aromatic carbocycles. The molecule has 1 aliphatic heterocycles. The fourth-order valence-corrected chi connectivity index (χ4v) is 2.05. The summed E-state index contributed by atoms with van der Waals surface area (Å²) in [6.45, 7) is 2.41. The van der Waals surface area contributed by atoms with Gasteiger partial charge in [-0.25, -0.2) is 4.39 Å². The van der Waals surface area contributed by atoms with Crippen molar-refractivity contribution < 1.29 is 23.8 Å². The van der Waals surface area contributed by atoms with Gasteiger partial charge >= 0.3 is 0 Å². The minimum Gasteiger partial charge on any atom is -0.490 e. The maximum Gasteiger partial charge on any atom is 0.219 e. The molecule has 1 heterocycles. The number of halogens is 1. The van der Waals surface area contributed by atoms with Gasteiger partial charge in [0, 0.05) is 19.5 Å². The number of carbonyl (C=O) groups is 1. The molecule has 20 heavy (non-hydrogen) atoms. The summed E-state index contributed by atoms with van der Waals surface area (Å²) < 4.78 is 23.8. The second-order valence-electron chi connectivity index (χ2n) is 4.96. The van der Waals surface area contributed by atoms with Crippen molar-refractivity contribution in [2.24, 2.45) is 0 Å². The summed E-state index contributed by atoms with van der Waals surface area (Å²) in [5, 5.41) is 10.5. The van der Waals surface area contributed by atoms with Crippen molar-refractivity contribution in [2.45, 2.75) is 12.5 Å². The average Bonchev–Trinajstić information content (AvgIpc) is 2.59. The van der Waals surface area contributed by atoms with Gasteiger partial charge in [0.25, 0.3) is 0 Å². The second kappa shape index (κ2) is 6.19. The number of nitrogens with zero attached hydrogens (tertiary/aromatic N) is 1. The molecule has 0 aromatic heterocycles. The summed E-state index contributed by atoms with van der Waals surface area (Å²) in [6.07, 6.45) is 0. The molecule has 110 valence electrons. The maximum absolute atomic E-state index is 13.0. The zero-order valence-corrected chi connectivity index (χ0v) is 11.3. The molecule has 1 aromatic rings. The lowest BCUT2D eigenvalue weighted by Gasteiger charge is -2.30. The predicted octanol–water partition coefficient (Wildman–Crippen LogP) is 0.814. The Kier molecular flexibility index (Phi) is 4.57. The zero-order valence-electron chi connectivity index (χ0n) is 11.3. The number of benzene rings is 1. The summed E-state index contributed by atoms with van der Waals surface area (Å²) in [6, 6.07) is 5.68. The Labute approximate surface area is 116 Å². The number of carbonyl (C=O) groups excluding carboxylic acids is 1. The van der Waals surface area contributed by atoms with Crippen LogP contribution >= 0.6 is 0 Å². The minimum atomic E-state index is -1.30. The van der Waals surface area contributed by atoms with Gasteiger partial charge in [0.05, 0.1) is 19.8 Å². The van der Waals surface area contributed by atoms with Gasteiger partial charge in [-0.05, 0) is 12.1 Å². The lowest BCUT2D eigenvalue weighted by molar-refractivity contribution is -0.132. The molecule has 0 spiro atoms. The van der Waals surface area contributed by atoms with Crippen LogP contribution in [0.3, 0.4) is 0 Å². The van der Waals surface area contributed by atoms with Crippen LogP contribution in [0.1, 0.15) is 6.92 Å². The van der Waals surface area contributed by atoms with E-state index in [1.165, 1.54) is 30.0 Å². The molecule has 0 unspecified atom stereocenters. The van der Waals surface area contributed by atoms with Crippen LogP contribution in [0.2, 0.25) is 0 Å². The first kappa shape index (κ1) is 14.7. The first-order chi connectivity index (χ1) is 9.48. The average molecular weight is 283 g/mol. The van der Waals surface area contributed by atoms with Crippen molar-refractivity contribution in [3.8, 4) is 5.75 Å². The lowest BCUT2D eigenvalue weighted by Crippen LogP contribution is -2.49. The van der Waals surface area contributed by atoms with Crippen LogP contribution in [0.5, 0.6) is 5.75 Å². The summed E-state index contributed by atoms with van der Waals surface area (Å²) in [7, 11) is 0. The Hall–Kier alpha value is -1.66. The molecular formula is C14H18FNO4. The summed E-state index contributed by atoms with van der Waals surface area (Å²) in [5.74, 6) is -0.200. The highest BCUT2D eigenvalue weighted by atomic mass is 19.1. The molecule has 0 radical (unpaired) electrons. The van der Waals surface area contributed by atoms with E-state index in [0.717, 1.165) is 0 Å². The third kappa shape index (κ3) is 3.91. The number of hydrogen-bond donors (Lipinski definition) is 1. The highest BCUT2D eigenvalue weighted by Crippen LogP contribution is 2.17. The van der Waals surface area contributed by atoms with Gasteiger partial charge in [-0.15, -0.1) is 0 Å². The van der Waals surface area contributed by atoms with Gasteiger partial charge in [0.1, 0.15) is 23.8 Å². The Balaban J connectivity index is 2.00. The fourth-order valence-electron chi connectivity index (χ4n) is 2.05. The fraction of sp³-hybridized carbons (Fsp3) is 0.500. The molecular weight excluding hydrogens is 265 g/mol. The predicted molar refractivity (Wildman–Crippen MR) is 69.9 cm³/mol. The minimum absolute atomic E-state index is 0.0692. The molecule has 1 fully saturated rings. The zero-order chi connectivity index (χ0) is 14.6. The number of rotatable bonds is 3. The van der Waals surface area contributed by atoms with Crippen LogP contribution in [0.4, 0.5) is 4.39 Å². The first-order valence-corrected chi connectivity index (χ1v) is 6.42. The van der Waals surface area contributed by atoms with Crippen molar-refractivity contribution >= 4 is 5.91 Å². The normalized spacial score (nSPS) is 23.2. The quantitative estimate of drug-likeness (QED) is 0.892. The summed E-state index contributed by atoms with van der Waals surface area (Å²) in [4.78, 5) is 12.9. The van der Waals surface area contributed by atoms with Gasteiger partial charge in [0.2, 0.25) is 5.91 Å². The highest BCUT2D eigenvalue weighted by molar-refractivity contribution is 5.73. The number of ether oxygens (including phenoxy) is 2. The van der Waals surface area contributed by atoms with E-state index < -0.39 is 11.4 Å². The maximum atomic E-state index is 13.0. The molecule has 0 aliphatic carbocycles. The van der Waals surface area contributed by atoms with Gasteiger partial charge in [-0.3, -0.25) is 4.79 Å².